The highest BCUT2D eigenvalue weighted by molar-refractivity contribution is 5.74. The molecular weight excluding hydrogens is 411 g/mol. The Labute approximate surface area is 187 Å². The fraction of sp³-hybridized carbons (Fsp3) is 0.292. The van der Waals surface area contributed by atoms with Crippen LogP contribution in [0, 0.1) is 12.7 Å². The van der Waals surface area contributed by atoms with Crippen molar-refractivity contribution in [2.24, 2.45) is 0 Å². The summed E-state index contributed by atoms with van der Waals surface area (Å²) in [7, 11) is 3.17. The number of ether oxygens (including phenoxy) is 3. The van der Waals surface area contributed by atoms with E-state index in [-0.39, 0.29) is 5.82 Å². The summed E-state index contributed by atoms with van der Waals surface area (Å²) in [5.41, 5.74) is 4.35. The van der Waals surface area contributed by atoms with Gasteiger partial charge in [-0.1, -0.05) is 0 Å². The van der Waals surface area contributed by atoms with Crippen LogP contribution < -0.4 is 25.0 Å². The van der Waals surface area contributed by atoms with Crippen LogP contribution in [0.1, 0.15) is 5.56 Å². The number of rotatable bonds is 7. The predicted octanol–water partition coefficient (Wildman–Crippen LogP) is 4.87. The van der Waals surface area contributed by atoms with Crippen molar-refractivity contribution in [3.8, 4) is 11.5 Å². The Morgan fingerprint density at radius 2 is 1.59 bits per heavy atom. The van der Waals surface area contributed by atoms with Crippen molar-refractivity contribution in [1.82, 2.24) is 4.98 Å². The van der Waals surface area contributed by atoms with Crippen molar-refractivity contribution in [3.63, 3.8) is 0 Å². The van der Waals surface area contributed by atoms with Gasteiger partial charge >= 0.3 is 0 Å². The summed E-state index contributed by atoms with van der Waals surface area (Å²) in [6.07, 6.45) is 1.77. The molecule has 32 heavy (non-hydrogen) atoms. The van der Waals surface area contributed by atoms with E-state index in [2.05, 4.69) is 26.6 Å². The highest BCUT2D eigenvalue weighted by atomic mass is 19.1. The van der Waals surface area contributed by atoms with Gasteiger partial charge in [-0.3, -0.25) is 0 Å². The van der Waals surface area contributed by atoms with Crippen LogP contribution in [0.25, 0.3) is 0 Å². The molecule has 2 aromatic carbocycles. The minimum atomic E-state index is -0.353. The summed E-state index contributed by atoms with van der Waals surface area (Å²) in [6, 6.07) is 12.3. The molecule has 1 fully saturated rings. The lowest BCUT2D eigenvalue weighted by molar-refractivity contribution is 0.122. The average molecular weight is 439 g/mol. The van der Waals surface area contributed by atoms with Gasteiger partial charge in [0.15, 0.2) is 0 Å². The molecule has 1 saturated heterocycles. The first-order valence-electron chi connectivity index (χ1n) is 10.4. The van der Waals surface area contributed by atoms with Gasteiger partial charge in [-0.2, -0.15) is 0 Å². The Hall–Kier alpha value is -3.52. The van der Waals surface area contributed by atoms with E-state index in [1.165, 1.54) is 19.2 Å². The zero-order valence-corrected chi connectivity index (χ0v) is 18.4. The van der Waals surface area contributed by atoms with Crippen molar-refractivity contribution in [3.05, 3.63) is 60.0 Å². The monoisotopic (exact) mass is 438 g/mol. The lowest BCUT2D eigenvalue weighted by Crippen LogP contribution is -2.36. The van der Waals surface area contributed by atoms with E-state index >= 15 is 0 Å². The third-order valence-corrected chi connectivity index (χ3v) is 5.36. The van der Waals surface area contributed by atoms with Crippen LogP contribution in [-0.4, -0.2) is 45.5 Å². The normalized spacial score (nSPS) is 13.6. The molecule has 0 saturated carbocycles. The lowest BCUT2D eigenvalue weighted by atomic mass is 10.2. The molecule has 0 radical (unpaired) electrons. The fourth-order valence-corrected chi connectivity index (χ4v) is 3.58. The third-order valence-electron chi connectivity index (χ3n) is 5.36. The van der Waals surface area contributed by atoms with Crippen molar-refractivity contribution in [2.75, 3.05) is 56.1 Å². The van der Waals surface area contributed by atoms with Crippen LogP contribution >= 0.6 is 0 Å². The molecule has 0 aliphatic carbocycles. The van der Waals surface area contributed by atoms with Gasteiger partial charge in [0.1, 0.15) is 23.1 Å². The molecule has 1 aliphatic heterocycles. The summed E-state index contributed by atoms with van der Waals surface area (Å²) < 4.78 is 29.9. The maximum absolute atomic E-state index is 13.5. The van der Waals surface area contributed by atoms with Crippen molar-refractivity contribution in [2.45, 2.75) is 6.92 Å². The van der Waals surface area contributed by atoms with Crippen LogP contribution in [0.3, 0.4) is 0 Å². The first-order valence-corrected chi connectivity index (χ1v) is 10.4. The molecule has 0 atom stereocenters. The van der Waals surface area contributed by atoms with Gasteiger partial charge in [-0.05, 0) is 36.8 Å². The maximum Gasteiger partial charge on any atom is 0.145 e. The maximum atomic E-state index is 13.5. The van der Waals surface area contributed by atoms with Crippen LogP contribution in [0.15, 0.2) is 48.7 Å². The van der Waals surface area contributed by atoms with Crippen LogP contribution in [0.4, 0.5) is 33.0 Å². The van der Waals surface area contributed by atoms with Gasteiger partial charge in [0.2, 0.25) is 0 Å². The van der Waals surface area contributed by atoms with Gasteiger partial charge < -0.3 is 29.7 Å². The van der Waals surface area contributed by atoms with Gasteiger partial charge in [0.05, 0.1) is 38.8 Å². The van der Waals surface area contributed by atoms with Crippen molar-refractivity contribution < 1.29 is 18.6 Å². The van der Waals surface area contributed by atoms with Crippen molar-refractivity contribution >= 4 is 28.6 Å². The van der Waals surface area contributed by atoms with E-state index in [9.17, 15) is 4.39 Å². The summed E-state index contributed by atoms with van der Waals surface area (Å²) >= 11 is 0. The Kier molecular flexibility index (Phi) is 6.61. The number of hydrogen-bond acceptors (Lipinski definition) is 7. The second kappa shape index (κ2) is 9.74. The quantitative estimate of drug-likeness (QED) is 0.545. The Morgan fingerprint density at radius 1 is 0.906 bits per heavy atom. The van der Waals surface area contributed by atoms with Gasteiger partial charge in [0, 0.05) is 48.9 Å². The number of methoxy groups -OCH3 is 2. The Balaban J connectivity index is 1.56. The van der Waals surface area contributed by atoms with Crippen LogP contribution in [0.5, 0.6) is 11.5 Å². The van der Waals surface area contributed by atoms with Gasteiger partial charge in [0.25, 0.3) is 0 Å². The molecule has 8 heteroatoms. The van der Waals surface area contributed by atoms with Gasteiger partial charge in [-0.15, -0.1) is 0 Å². The van der Waals surface area contributed by atoms with Crippen molar-refractivity contribution in [1.29, 1.82) is 0 Å². The standard InChI is InChI=1S/C24H27FN4O3/c1-16-15-26-24(14-21(16)27-19-6-4-17(25)12-22(19)30-2)28-20-7-5-18(13-23(20)31-3)29-8-10-32-11-9-29/h4-7,12-15H,8-11H2,1-3H3,(H2,26,27,28). The smallest absolute Gasteiger partial charge is 0.145 e. The highest BCUT2D eigenvalue weighted by Gasteiger charge is 2.14. The molecule has 0 amide bonds. The van der Waals surface area contributed by atoms with E-state index in [1.54, 1.807) is 19.4 Å². The summed E-state index contributed by atoms with van der Waals surface area (Å²) in [5, 5.41) is 6.64. The number of anilines is 5. The fourth-order valence-electron chi connectivity index (χ4n) is 3.58. The lowest BCUT2D eigenvalue weighted by Gasteiger charge is -2.29. The molecule has 1 aromatic heterocycles. The molecule has 0 spiro atoms. The Bertz CT molecular complexity index is 1090. The first-order chi connectivity index (χ1) is 15.6. The summed E-state index contributed by atoms with van der Waals surface area (Å²) in [4.78, 5) is 6.77. The van der Waals surface area contributed by atoms with Crippen LogP contribution in [0.2, 0.25) is 0 Å². The Morgan fingerprint density at radius 3 is 2.34 bits per heavy atom. The number of halogens is 1. The first kappa shape index (κ1) is 21.7. The number of hydrogen-bond donors (Lipinski definition) is 2. The van der Waals surface area contributed by atoms with E-state index in [4.69, 9.17) is 14.2 Å². The number of aromatic nitrogens is 1. The molecule has 1 aliphatic rings. The molecule has 3 aromatic rings. The minimum Gasteiger partial charge on any atom is -0.494 e. The van der Waals surface area contributed by atoms with E-state index in [0.29, 0.717) is 17.3 Å². The molecule has 4 rings (SSSR count). The largest absolute Gasteiger partial charge is 0.494 e. The molecule has 0 unspecified atom stereocenters. The number of pyridine rings is 1. The molecule has 0 bridgehead atoms. The zero-order chi connectivity index (χ0) is 22.5. The number of benzene rings is 2. The van der Waals surface area contributed by atoms with Crippen LogP contribution in [-0.2, 0) is 4.74 Å². The summed E-state index contributed by atoms with van der Waals surface area (Å²) in [6.45, 7) is 5.12. The number of nitrogens with one attached hydrogen (secondary N) is 2. The highest BCUT2D eigenvalue weighted by Crippen LogP contribution is 2.34. The second-order valence-electron chi connectivity index (χ2n) is 7.46. The van der Waals surface area contributed by atoms with Gasteiger partial charge in [-0.25, -0.2) is 9.37 Å². The number of aryl methyl sites for hydroxylation is 1. The third kappa shape index (κ3) is 4.86. The SMILES string of the molecule is COc1cc(N2CCOCC2)ccc1Nc1cc(Nc2ccc(F)cc2OC)c(C)cn1. The molecule has 2 heterocycles. The molecule has 7 nitrogen and oxygen atoms in total. The molecule has 168 valence electrons. The predicted molar refractivity (Wildman–Crippen MR) is 125 cm³/mol. The molecule has 2 N–H and O–H groups in total. The van der Waals surface area contributed by atoms with E-state index in [0.717, 1.165) is 54.7 Å². The topological polar surface area (TPSA) is 67.9 Å². The number of morpholine rings is 1. The summed E-state index contributed by atoms with van der Waals surface area (Å²) in [5.74, 6) is 1.45. The second-order valence-corrected chi connectivity index (χ2v) is 7.46. The average Bonchev–Trinajstić information content (AvgIpc) is 2.83. The van der Waals surface area contributed by atoms with E-state index in [1.807, 2.05) is 25.1 Å². The zero-order valence-electron chi connectivity index (χ0n) is 18.4. The number of nitrogens with zero attached hydrogens (tertiary/aromatic N) is 2. The minimum absolute atomic E-state index is 0.353. The molecular formula is C24H27FN4O3. The van der Waals surface area contributed by atoms with E-state index < -0.39 is 0 Å².